The summed E-state index contributed by atoms with van der Waals surface area (Å²) in [5.74, 6) is -0.192. The van der Waals surface area contributed by atoms with Crippen LogP contribution < -0.4 is 0 Å². The van der Waals surface area contributed by atoms with Crippen molar-refractivity contribution in [3.05, 3.63) is 18.0 Å². The molecule has 1 N–H and O–H groups in total. The zero-order valence-corrected chi connectivity index (χ0v) is 14.7. The number of piperidine rings is 1. The van der Waals surface area contributed by atoms with E-state index >= 15 is 0 Å². The fraction of sp³-hybridized carbons (Fsp3) is 0.722. The van der Waals surface area contributed by atoms with Crippen LogP contribution in [0.15, 0.2) is 12.3 Å². The number of likely N-dealkylation sites (tertiary alicyclic amines) is 2. The van der Waals surface area contributed by atoms with Gasteiger partial charge in [0.2, 0.25) is 5.91 Å². The zero-order chi connectivity index (χ0) is 17.6. The van der Waals surface area contributed by atoms with Crippen molar-refractivity contribution in [3.63, 3.8) is 0 Å². The standard InChI is InChI=1S/C18H26N4O3/c1-20-14(6-9-19-20)12-7-10-21(11-8-12)17(23)15-4-5-16(18(24)25)22(15)13-2-3-13/h6,9,12-13,15-16H,2-5,7-8,10-11H2,1H3,(H,24,25). The lowest BCUT2D eigenvalue weighted by Crippen LogP contribution is -2.51. The van der Waals surface area contributed by atoms with Gasteiger partial charge in [0.15, 0.2) is 0 Å². The third-order valence-electron chi connectivity index (χ3n) is 6.06. The lowest BCUT2D eigenvalue weighted by Gasteiger charge is -2.36. The Morgan fingerprint density at radius 2 is 1.76 bits per heavy atom. The first-order chi connectivity index (χ1) is 12.1. The maximum atomic E-state index is 13.0. The van der Waals surface area contributed by atoms with Crippen LogP contribution in [0.5, 0.6) is 0 Å². The van der Waals surface area contributed by atoms with Crippen molar-refractivity contribution in [2.24, 2.45) is 7.05 Å². The molecule has 25 heavy (non-hydrogen) atoms. The van der Waals surface area contributed by atoms with Crippen molar-refractivity contribution in [2.45, 2.75) is 62.6 Å². The van der Waals surface area contributed by atoms with Crippen LogP contribution in [0.4, 0.5) is 0 Å². The van der Waals surface area contributed by atoms with Gasteiger partial charge < -0.3 is 10.0 Å². The Balaban J connectivity index is 1.40. The predicted molar refractivity (Wildman–Crippen MR) is 91.1 cm³/mol. The molecule has 4 rings (SSSR count). The van der Waals surface area contributed by atoms with E-state index in [2.05, 4.69) is 11.2 Å². The Morgan fingerprint density at radius 3 is 2.32 bits per heavy atom. The average molecular weight is 346 g/mol. The fourth-order valence-corrected chi connectivity index (χ4v) is 4.61. The number of amides is 1. The molecular weight excluding hydrogens is 320 g/mol. The molecule has 2 saturated heterocycles. The molecule has 1 aliphatic carbocycles. The molecule has 7 heteroatoms. The maximum absolute atomic E-state index is 13.0. The molecule has 3 fully saturated rings. The molecule has 2 aliphatic heterocycles. The molecule has 1 saturated carbocycles. The fourth-order valence-electron chi connectivity index (χ4n) is 4.61. The van der Waals surface area contributed by atoms with Gasteiger partial charge in [0, 0.05) is 44.0 Å². The quantitative estimate of drug-likeness (QED) is 0.886. The number of rotatable bonds is 4. The van der Waals surface area contributed by atoms with Gasteiger partial charge in [-0.3, -0.25) is 19.2 Å². The number of carboxylic acid groups (broad SMARTS) is 1. The van der Waals surface area contributed by atoms with E-state index in [4.69, 9.17) is 0 Å². The molecule has 7 nitrogen and oxygen atoms in total. The van der Waals surface area contributed by atoms with Crippen molar-refractivity contribution < 1.29 is 14.7 Å². The summed E-state index contributed by atoms with van der Waals surface area (Å²) < 4.78 is 1.92. The van der Waals surface area contributed by atoms with E-state index < -0.39 is 12.0 Å². The second-order valence-corrected chi connectivity index (χ2v) is 7.60. The van der Waals surface area contributed by atoms with Crippen LogP contribution in [-0.4, -0.2) is 67.8 Å². The highest BCUT2D eigenvalue weighted by molar-refractivity contribution is 5.84. The zero-order valence-electron chi connectivity index (χ0n) is 14.7. The summed E-state index contributed by atoms with van der Waals surface area (Å²) in [6.45, 7) is 1.50. The van der Waals surface area contributed by atoms with E-state index in [1.165, 1.54) is 5.69 Å². The first-order valence-corrected chi connectivity index (χ1v) is 9.33. The summed E-state index contributed by atoms with van der Waals surface area (Å²) in [6.07, 6.45) is 7.03. The number of carbonyl (C=O) groups is 2. The van der Waals surface area contributed by atoms with Crippen LogP contribution in [0.25, 0.3) is 0 Å². The number of hydrogen-bond acceptors (Lipinski definition) is 4. The SMILES string of the molecule is Cn1nccc1C1CCN(C(=O)C2CCC(C(=O)O)N2C2CC2)CC1. The average Bonchev–Trinajstić information content (AvgIpc) is 3.20. The molecule has 0 bridgehead atoms. The molecular formula is C18H26N4O3. The largest absolute Gasteiger partial charge is 0.480 e. The summed E-state index contributed by atoms with van der Waals surface area (Å²) in [5.41, 5.74) is 1.23. The molecule has 0 spiro atoms. The van der Waals surface area contributed by atoms with Gasteiger partial charge in [-0.25, -0.2) is 0 Å². The van der Waals surface area contributed by atoms with E-state index in [0.29, 0.717) is 24.8 Å². The first-order valence-electron chi connectivity index (χ1n) is 9.33. The third kappa shape index (κ3) is 3.05. The van der Waals surface area contributed by atoms with Gasteiger partial charge >= 0.3 is 5.97 Å². The summed E-state index contributed by atoms with van der Waals surface area (Å²) in [6, 6.07) is 1.64. The van der Waals surface area contributed by atoms with Crippen molar-refractivity contribution in [3.8, 4) is 0 Å². The van der Waals surface area contributed by atoms with Crippen LogP contribution in [0.1, 0.15) is 50.1 Å². The van der Waals surface area contributed by atoms with Crippen molar-refractivity contribution in [2.75, 3.05) is 13.1 Å². The van der Waals surface area contributed by atoms with Crippen molar-refractivity contribution in [1.29, 1.82) is 0 Å². The Morgan fingerprint density at radius 1 is 1.08 bits per heavy atom. The monoisotopic (exact) mass is 346 g/mol. The second kappa shape index (κ2) is 6.44. The van der Waals surface area contributed by atoms with E-state index in [9.17, 15) is 14.7 Å². The molecule has 1 aromatic heterocycles. The minimum atomic E-state index is -0.780. The van der Waals surface area contributed by atoms with Gasteiger partial charge in [-0.05, 0) is 44.6 Å². The van der Waals surface area contributed by atoms with E-state index in [1.807, 2.05) is 27.7 Å². The van der Waals surface area contributed by atoms with E-state index in [1.54, 1.807) is 0 Å². The van der Waals surface area contributed by atoms with Crippen molar-refractivity contribution in [1.82, 2.24) is 19.6 Å². The summed E-state index contributed by atoms with van der Waals surface area (Å²) in [7, 11) is 1.96. The van der Waals surface area contributed by atoms with Crippen LogP contribution in [-0.2, 0) is 16.6 Å². The highest BCUT2D eigenvalue weighted by Crippen LogP contribution is 2.38. The molecule has 3 aliphatic rings. The molecule has 0 radical (unpaired) electrons. The van der Waals surface area contributed by atoms with Gasteiger partial charge in [0.1, 0.15) is 6.04 Å². The van der Waals surface area contributed by atoms with Gasteiger partial charge in [0.25, 0.3) is 0 Å². The smallest absolute Gasteiger partial charge is 0.320 e. The topological polar surface area (TPSA) is 78.7 Å². The van der Waals surface area contributed by atoms with Crippen LogP contribution >= 0.6 is 0 Å². The van der Waals surface area contributed by atoms with E-state index in [0.717, 1.165) is 38.8 Å². The minimum absolute atomic E-state index is 0.138. The molecule has 1 aromatic rings. The Kier molecular flexibility index (Phi) is 4.27. The van der Waals surface area contributed by atoms with Gasteiger partial charge in [-0.1, -0.05) is 0 Å². The number of hydrogen-bond donors (Lipinski definition) is 1. The molecule has 3 heterocycles. The number of aryl methyl sites for hydroxylation is 1. The maximum Gasteiger partial charge on any atom is 0.320 e. The number of carbonyl (C=O) groups excluding carboxylic acids is 1. The van der Waals surface area contributed by atoms with Gasteiger partial charge in [-0.2, -0.15) is 5.10 Å². The number of aliphatic carboxylic acids is 1. The number of carboxylic acids is 1. The molecule has 2 atom stereocenters. The summed E-state index contributed by atoms with van der Waals surface area (Å²) in [5, 5.41) is 13.7. The summed E-state index contributed by atoms with van der Waals surface area (Å²) in [4.78, 5) is 28.5. The lowest BCUT2D eigenvalue weighted by molar-refractivity contribution is -0.145. The summed E-state index contributed by atoms with van der Waals surface area (Å²) >= 11 is 0. The Hall–Kier alpha value is -1.89. The number of aromatic nitrogens is 2. The molecule has 136 valence electrons. The highest BCUT2D eigenvalue weighted by Gasteiger charge is 2.49. The predicted octanol–water partition coefficient (Wildman–Crippen LogP) is 1.21. The van der Waals surface area contributed by atoms with Crippen molar-refractivity contribution >= 4 is 11.9 Å². The first kappa shape index (κ1) is 16.6. The Bertz CT molecular complexity index is 661. The highest BCUT2D eigenvalue weighted by atomic mass is 16.4. The second-order valence-electron chi connectivity index (χ2n) is 7.60. The van der Waals surface area contributed by atoms with Crippen LogP contribution in [0.3, 0.4) is 0 Å². The minimum Gasteiger partial charge on any atom is -0.480 e. The van der Waals surface area contributed by atoms with Gasteiger partial charge in [-0.15, -0.1) is 0 Å². The van der Waals surface area contributed by atoms with Gasteiger partial charge in [0.05, 0.1) is 6.04 Å². The molecule has 1 amide bonds. The Labute approximate surface area is 147 Å². The number of nitrogens with zero attached hydrogens (tertiary/aromatic N) is 4. The molecule has 0 aromatic carbocycles. The normalized spacial score (nSPS) is 28.4. The third-order valence-corrected chi connectivity index (χ3v) is 6.06. The van der Waals surface area contributed by atoms with E-state index in [-0.39, 0.29) is 11.9 Å². The van der Waals surface area contributed by atoms with Crippen LogP contribution in [0, 0.1) is 0 Å². The lowest BCUT2D eigenvalue weighted by atomic mass is 9.93. The van der Waals surface area contributed by atoms with Crippen LogP contribution in [0.2, 0.25) is 0 Å². The molecule has 2 unspecified atom stereocenters.